The highest BCUT2D eigenvalue weighted by molar-refractivity contribution is 6.01. The Morgan fingerprint density at radius 3 is 3.00 bits per heavy atom. The lowest BCUT2D eigenvalue weighted by molar-refractivity contribution is -0.494. The lowest BCUT2D eigenvalue weighted by Gasteiger charge is -2.07. The lowest BCUT2D eigenvalue weighted by atomic mass is 10.3. The van der Waals surface area contributed by atoms with Gasteiger partial charge in [0.15, 0.2) is 0 Å². The van der Waals surface area contributed by atoms with E-state index >= 15 is 0 Å². The molecule has 0 saturated heterocycles. The number of nitrogens with zero attached hydrogens (tertiary/aromatic N) is 2. The number of hydrogen-bond donors (Lipinski definition) is 0. The second-order valence-corrected chi connectivity index (χ2v) is 2.51. The Labute approximate surface area is 79.9 Å². The van der Waals surface area contributed by atoms with Crippen molar-refractivity contribution in [3.8, 4) is 0 Å². The monoisotopic (exact) mass is 202 g/mol. The fraction of sp³-hybridized carbons (Fsp3) is 0.714. The van der Waals surface area contributed by atoms with Crippen LogP contribution >= 0.6 is 0 Å². The van der Waals surface area contributed by atoms with E-state index in [2.05, 4.69) is 9.73 Å². The Hall–Kier alpha value is -1.66. The first-order valence-electron chi connectivity index (χ1n) is 4.14. The summed E-state index contributed by atoms with van der Waals surface area (Å²) in [5.74, 6) is -1.09. The van der Waals surface area contributed by atoms with Crippen molar-refractivity contribution >= 4 is 11.9 Å². The van der Waals surface area contributed by atoms with Crippen molar-refractivity contribution < 1.29 is 19.2 Å². The Bertz CT molecular complexity index is 275. The van der Waals surface area contributed by atoms with Crippen LogP contribution in [0.15, 0.2) is 4.99 Å². The maximum absolute atomic E-state index is 11.1. The van der Waals surface area contributed by atoms with Crippen LogP contribution in [0, 0.1) is 10.1 Å². The van der Waals surface area contributed by atoms with Crippen molar-refractivity contribution in [1.29, 1.82) is 0 Å². The Morgan fingerprint density at radius 1 is 1.86 bits per heavy atom. The van der Waals surface area contributed by atoms with E-state index in [1.165, 1.54) is 0 Å². The zero-order valence-electron chi connectivity index (χ0n) is 7.63. The third kappa shape index (κ3) is 2.18. The van der Waals surface area contributed by atoms with E-state index in [0.717, 1.165) is 0 Å². The highest BCUT2D eigenvalue weighted by atomic mass is 16.6. The molecule has 1 aliphatic rings. The molecule has 0 aromatic heterocycles. The third-order valence-corrected chi connectivity index (χ3v) is 1.56. The normalized spacial score (nSPS) is 16.8. The maximum Gasteiger partial charge on any atom is 0.391 e. The van der Waals surface area contributed by atoms with Crippen LogP contribution in [0.1, 0.15) is 6.92 Å². The number of carbonyl (C=O) groups is 1. The van der Waals surface area contributed by atoms with Crippen LogP contribution < -0.4 is 0 Å². The van der Waals surface area contributed by atoms with Crippen LogP contribution in [0.5, 0.6) is 0 Å². The molecule has 0 aromatic rings. The molecule has 78 valence electrons. The summed E-state index contributed by atoms with van der Waals surface area (Å²) in [7, 11) is 0. The molecule has 0 spiro atoms. The van der Waals surface area contributed by atoms with Gasteiger partial charge in [0.2, 0.25) is 0 Å². The van der Waals surface area contributed by atoms with Crippen LogP contribution in [0.2, 0.25) is 0 Å². The topological polar surface area (TPSA) is 91.0 Å². The quantitative estimate of drug-likeness (QED) is 0.352. The van der Waals surface area contributed by atoms with Gasteiger partial charge in [-0.2, -0.15) is 0 Å². The number of aliphatic imine (C=N–C) groups is 1. The smallest absolute Gasteiger partial charge is 0.391 e. The van der Waals surface area contributed by atoms with Crippen LogP contribution in [0.3, 0.4) is 0 Å². The Morgan fingerprint density at radius 2 is 2.57 bits per heavy atom. The number of carbonyl (C=O) groups excluding carboxylic acids is 1. The first-order chi connectivity index (χ1) is 6.66. The summed E-state index contributed by atoms with van der Waals surface area (Å²) in [5.41, 5.74) is 0. The van der Waals surface area contributed by atoms with Gasteiger partial charge >= 0.3 is 12.0 Å². The first-order valence-corrected chi connectivity index (χ1v) is 4.14. The molecule has 0 bridgehead atoms. The van der Waals surface area contributed by atoms with Gasteiger partial charge in [-0.3, -0.25) is 10.1 Å². The van der Waals surface area contributed by atoms with Gasteiger partial charge in [-0.15, -0.1) is 0 Å². The molecule has 0 saturated carbocycles. The molecule has 1 heterocycles. The summed E-state index contributed by atoms with van der Waals surface area (Å²) in [4.78, 5) is 24.6. The van der Waals surface area contributed by atoms with Crippen molar-refractivity contribution in [2.45, 2.75) is 13.0 Å². The maximum atomic E-state index is 11.1. The molecule has 0 aliphatic carbocycles. The molecule has 1 aliphatic heterocycles. The molecule has 1 unspecified atom stereocenters. The van der Waals surface area contributed by atoms with Gasteiger partial charge in [-0.25, -0.2) is 9.79 Å². The molecule has 0 amide bonds. The summed E-state index contributed by atoms with van der Waals surface area (Å²) in [6.07, 6.45) is 0. The SMILES string of the molecule is CCOC(=O)C(C1=NCCO1)[N+](=O)[O-]. The molecule has 0 aromatic carbocycles. The fourth-order valence-corrected chi connectivity index (χ4v) is 1.02. The van der Waals surface area contributed by atoms with Gasteiger partial charge in [-0.1, -0.05) is 0 Å². The lowest BCUT2D eigenvalue weighted by Crippen LogP contribution is -2.39. The van der Waals surface area contributed by atoms with Gasteiger partial charge in [0.1, 0.15) is 6.61 Å². The number of rotatable bonds is 4. The summed E-state index contributed by atoms with van der Waals surface area (Å²) in [5, 5.41) is 10.5. The van der Waals surface area contributed by atoms with E-state index in [4.69, 9.17) is 4.74 Å². The van der Waals surface area contributed by atoms with Crippen LogP contribution in [-0.2, 0) is 14.3 Å². The van der Waals surface area contributed by atoms with Crippen LogP contribution in [0.4, 0.5) is 0 Å². The van der Waals surface area contributed by atoms with Gasteiger partial charge in [-0.05, 0) is 6.92 Å². The highest BCUT2D eigenvalue weighted by Gasteiger charge is 2.40. The molecule has 1 rings (SSSR count). The minimum Gasteiger partial charge on any atom is -0.474 e. The van der Waals surface area contributed by atoms with Gasteiger partial charge in [0.05, 0.1) is 13.2 Å². The Kier molecular flexibility index (Phi) is 3.38. The Balaban J connectivity index is 2.73. The van der Waals surface area contributed by atoms with Gasteiger partial charge < -0.3 is 9.47 Å². The van der Waals surface area contributed by atoms with Crippen LogP contribution in [-0.4, -0.2) is 42.6 Å². The van der Waals surface area contributed by atoms with E-state index in [1.54, 1.807) is 6.92 Å². The van der Waals surface area contributed by atoms with Gasteiger partial charge in [0.25, 0.3) is 5.90 Å². The van der Waals surface area contributed by atoms with E-state index in [0.29, 0.717) is 6.54 Å². The van der Waals surface area contributed by atoms with Crippen molar-refractivity contribution in [2.24, 2.45) is 4.99 Å². The molecule has 14 heavy (non-hydrogen) atoms. The van der Waals surface area contributed by atoms with E-state index in [9.17, 15) is 14.9 Å². The minimum absolute atomic E-state index is 0.0937. The summed E-state index contributed by atoms with van der Waals surface area (Å²) >= 11 is 0. The summed E-state index contributed by atoms with van der Waals surface area (Å²) in [6.45, 7) is 2.29. The third-order valence-electron chi connectivity index (χ3n) is 1.56. The predicted octanol–water partition coefficient (Wildman–Crippen LogP) is -0.377. The average molecular weight is 202 g/mol. The fourth-order valence-electron chi connectivity index (χ4n) is 1.02. The van der Waals surface area contributed by atoms with E-state index in [-0.39, 0.29) is 19.1 Å². The molecule has 1 atom stereocenters. The number of ether oxygens (including phenoxy) is 2. The first kappa shape index (κ1) is 10.4. The van der Waals surface area contributed by atoms with Crippen LogP contribution in [0.25, 0.3) is 0 Å². The number of hydrogen-bond acceptors (Lipinski definition) is 6. The molecule has 7 heteroatoms. The highest BCUT2D eigenvalue weighted by Crippen LogP contribution is 2.05. The molecular weight excluding hydrogens is 192 g/mol. The zero-order valence-corrected chi connectivity index (χ0v) is 7.63. The molecular formula is C7H10N2O5. The second-order valence-electron chi connectivity index (χ2n) is 2.51. The predicted molar refractivity (Wildman–Crippen MR) is 45.7 cm³/mol. The zero-order chi connectivity index (χ0) is 10.6. The molecule has 0 N–H and O–H groups in total. The largest absolute Gasteiger partial charge is 0.474 e. The molecule has 0 radical (unpaired) electrons. The number of nitro groups is 1. The summed E-state index contributed by atoms with van der Waals surface area (Å²) < 4.78 is 9.39. The second kappa shape index (κ2) is 4.54. The average Bonchev–Trinajstić information content (AvgIpc) is 2.57. The van der Waals surface area contributed by atoms with Crippen molar-refractivity contribution in [1.82, 2.24) is 0 Å². The molecule has 7 nitrogen and oxygen atoms in total. The van der Waals surface area contributed by atoms with Crippen molar-refractivity contribution in [2.75, 3.05) is 19.8 Å². The van der Waals surface area contributed by atoms with Gasteiger partial charge in [0, 0.05) is 4.92 Å². The van der Waals surface area contributed by atoms with E-state index in [1.807, 2.05) is 0 Å². The summed E-state index contributed by atoms with van der Waals surface area (Å²) in [6, 6.07) is -1.61. The number of esters is 1. The van der Waals surface area contributed by atoms with E-state index < -0.39 is 16.9 Å². The molecule has 0 fully saturated rings. The standard InChI is InChI=1S/C7H10N2O5/c1-2-13-7(10)5(9(11)12)6-8-3-4-14-6/h5H,2-4H2,1H3. The van der Waals surface area contributed by atoms with Crippen molar-refractivity contribution in [3.05, 3.63) is 10.1 Å². The minimum atomic E-state index is -1.61. The van der Waals surface area contributed by atoms with Crippen molar-refractivity contribution in [3.63, 3.8) is 0 Å².